The van der Waals surface area contributed by atoms with Crippen LogP contribution in [0.25, 0.3) is 5.69 Å². The Morgan fingerprint density at radius 2 is 1.88 bits per heavy atom. The fourth-order valence-corrected chi connectivity index (χ4v) is 4.06. The third-order valence-electron chi connectivity index (χ3n) is 5.94. The van der Waals surface area contributed by atoms with Crippen LogP contribution in [0.2, 0.25) is 0 Å². The standard InChI is InChI=1S/C11H14F3NO2.C11H11N3O2.C6H12FN/c1-15-6-9-5-8(7-16-2)3-4-10(9)17-11(12,13)14;1-8-10(12-7-15)14(13-11(8)16)9-5-3-2-4-6-9;1-8-4-2-3-6(7)5-8/h3-5,15H,6-7H2,1-2H3;2-7H,1H3,(H,12,15)(H,13,16);6H,2-5H2,1H3. The number of aromatic nitrogens is 2. The quantitative estimate of drug-likeness (QED) is 0.266. The molecule has 1 saturated heterocycles. The zero-order valence-electron chi connectivity index (χ0n) is 23.6. The Morgan fingerprint density at radius 1 is 1.17 bits per heavy atom. The van der Waals surface area contributed by atoms with E-state index in [0.29, 0.717) is 43.1 Å². The predicted molar refractivity (Wildman–Crippen MR) is 149 cm³/mol. The van der Waals surface area contributed by atoms with Gasteiger partial charge in [0.15, 0.2) is 0 Å². The van der Waals surface area contributed by atoms with Crippen LogP contribution in [0.3, 0.4) is 0 Å². The maximum absolute atomic E-state index is 12.4. The van der Waals surface area contributed by atoms with Crippen LogP contribution >= 0.6 is 0 Å². The number of alkyl halides is 4. The van der Waals surface area contributed by atoms with Gasteiger partial charge in [-0.15, -0.1) is 13.2 Å². The summed E-state index contributed by atoms with van der Waals surface area (Å²) in [6.45, 7) is 4.01. The zero-order chi connectivity index (χ0) is 30.4. The first-order chi connectivity index (χ1) is 19.5. The Labute approximate surface area is 236 Å². The number of aromatic amines is 1. The number of H-pyrrole nitrogens is 1. The van der Waals surface area contributed by atoms with E-state index in [1.165, 1.54) is 13.2 Å². The maximum atomic E-state index is 12.4. The van der Waals surface area contributed by atoms with Crippen molar-refractivity contribution < 1.29 is 31.8 Å². The molecule has 1 unspecified atom stereocenters. The number of carbonyl (C=O) groups excluding carboxylic acids is 1. The molecule has 1 fully saturated rings. The third-order valence-corrected chi connectivity index (χ3v) is 5.94. The lowest BCUT2D eigenvalue weighted by Crippen LogP contribution is -2.32. The largest absolute Gasteiger partial charge is 0.573 e. The number of hydrogen-bond donors (Lipinski definition) is 3. The number of hydrogen-bond acceptors (Lipinski definition) is 6. The van der Waals surface area contributed by atoms with Crippen molar-refractivity contribution in [3.05, 3.63) is 75.6 Å². The molecule has 0 radical (unpaired) electrons. The minimum absolute atomic E-state index is 0.188. The summed E-state index contributed by atoms with van der Waals surface area (Å²) < 4.78 is 59.2. The molecule has 13 heteroatoms. The van der Waals surface area contributed by atoms with Crippen LogP contribution < -0.4 is 20.9 Å². The lowest BCUT2D eigenvalue weighted by Gasteiger charge is -2.24. The van der Waals surface area contributed by atoms with Gasteiger partial charge >= 0.3 is 6.36 Å². The Morgan fingerprint density at radius 3 is 2.41 bits per heavy atom. The second-order valence-corrected chi connectivity index (χ2v) is 9.30. The molecule has 1 aliphatic heterocycles. The first kappa shape index (κ1) is 33.5. The van der Waals surface area contributed by atoms with E-state index >= 15 is 0 Å². The van der Waals surface area contributed by atoms with Crippen molar-refractivity contribution in [3.63, 3.8) is 0 Å². The second-order valence-electron chi connectivity index (χ2n) is 9.30. The summed E-state index contributed by atoms with van der Waals surface area (Å²) in [5.41, 5.74) is 2.30. The van der Waals surface area contributed by atoms with Gasteiger partial charge < -0.3 is 25.0 Å². The summed E-state index contributed by atoms with van der Waals surface area (Å²) >= 11 is 0. The molecule has 1 amide bonds. The first-order valence-corrected chi connectivity index (χ1v) is 12.9. The molecule has 226 valence electrons. The number of likely N-dealkylation sites (tertiary alicyclic amines) is 1. The molecule has 2 aromatic carbocycles. The van der Waals surface area contributed by atoms with E-state index in [1.807, 2.05) is 42.3 Å². The highest BCUT2D eigenvalue weighted by molar-refractivity contribution is 5.71. The van der Waals surface area contributed by atoms with Crippen LogP contribution in [-0.2, 0) is 22.7 Å². The number of rotatable bonds is 8. The number of ether oxygens (including phenoxy) is 2. The van der Waals surface area contributed by atoms with Crippen molar-refractivity contribution in [1.29, 1.82) is 0 Å². The Balaban J connectivity index is 0.000000228. The molecule has 4 rings (SSSR count). The number of halogens is 4. The average Bonchev–Trinajstić information content (AvgIpc) is 3.20. The molecule has 1 aliphatic rings. The fourth-order valence-electron chi connectivity index (χ4n) is 4.06. The molecular formula is C28H37F4N5O4. The molecule has 0 saturated carbocycles. The van der Waals surface area contributed by atoms with Crippen molar-refractivity contribution in [1.82, 2.24) is 20.0 Å². The van der Waals surface area contributed by atoms with Crippen molar-refractivity contribution in [3.8, 4) is 11.4 Å². The van der Waals surface area contributed by atoms with Gasteiger partial charge in [0.1, 0.15) is 17.7 Å². The molecule has 41 heavy (non-hydrogen) atoms. The molecule has 3 aromatic rings. The SMILES string of the molecule is CN1CCCC(F)C1.CNCc1cc(COC)ccc1OC(F)(F)F.Cc1c(NC=O)n(-c2ccccc2)[nH]c1=O. The first-order valence-electron chi connectivity index (χ1n) is 12.9. The third kappa shape index (κ3) is 11.4. The normalized spacial score (nSPS) is 15.2. The zero-order valence-corrected chi connectivity index (χ0v) is 23.6. The minimum atomic E-state index is -4.68. The van der Waals surface area contributed by atoms with Crippen LogP contribution in [0.5, 0.6) is 5.75 Å². The van der Waals surface area contributed by atoms with Gasteiger partial charge in [-0.1, -0.05) is 24.3 Å². The fraction of sp³-hybridized carbons (Fsp3) is 0.429. The summed E-state index contributed by atoms with van der Waals surface area (Å²) in [4.78, 5) is 24.0. The number of nitrogens with one attached hydrogen (secondary N) is 3. The van der Waals surface area contributed by atoms with Crippen LogP contribution in [0.4, 0.5) is 23.4 Å². The van der Waals surface area contributed by atoms with Crippen molar-refractivity contribution in [2.75, 3.05) is 39.6 Å². The van der Waals surface area contributed by atoms with E-state index in [2.05, 4.69) is 20.5 Å². The number of methoxy groups -OCH3 is 1. The van der Waals surface area contributed by atoms with E-state index in [1.54, 1.807) is 30.8 Å². The van der Waals surface area contributed by atoms with Gasteiger partial charge in [-0.3, -0.25) is 14.7 Å². The number of benzene rings is 2. The van der Waals surface area contributed by atoms with E-state index in [-0.39, 0.29) is 11.3 Å². The lowest BCUT2D eigenvalue weighted by atomic mass is 10.1. The summed E-state index contributed by atoms with van der Waals surface area (Å²) in [6, 6.07) is 13.7. The van der Waals surface area contributed by atoms with E-state index in [9.17, 15) is 27.2 Å². The van der Waals surface area contributed by atoms with Crippen molar-refractivity contribution in [2.24, 2.45) is 0 Å². The van der Waals surface area contributed by atoms with E-state index in [0.717, 1.165) is 30.6 Å². The highest BCUT2D eigenvalue weighted by atomic mass is 19.4. The lowest BCUT2D eigenvalue weighted by molar-refractivity contribution is -0.274. The molecule has 0 aliphatic carbocycles. The van der Waals surface area contributed by atoms with Gasteiger partial charge in [-0.25, -0.2) is 9.07 Å². The summed E-state index contributed by atoms with van der Waals surface area (Å²) in [5.74, 6) is 0.276. The molecule has 1 atom stereocenters. The predicted octanol–water partition coefficient (Wildman–Crippen LogP) is 4.54. The Bertz CT molecular complexity index is 1260. The molecule has 1 aromatic heterocycles. The minimum Gasteiger partial charge on any atom is -0.405 e. The molecule has 2 heterocycles. The van der Waals surface area contributed by atoms with Gasteiger partial charge in [0.05, 0.1) is 17.9 Å². The van der Waals surface area contributed by atoms with Crippen LogP contribution in [0.15, 0.2) is 53.3 Å². The van der Waals surface area contributed by atoms with E-state index in [4.69, 9.17) is 4.74 Å². The maximum Gasteiger partial charge on any atom is 0.573 e. The van der Waals surface area contributed by atoms with Crippen molar-refractivity contribution in [2.45, 2.75) is 45.5 Å². The van der Waals surface area contributed by atoms with Crippen LogP contribution in [0.1, 0.15) is 29.5 Å². The Hall–Kier alpha value is -3.68. The Kier molecular flexibility index (Phi) is 13.5. The van der Waals surface area contributed by atoms with Crippen LogP contribution in [-0.4, -0.2) is 67.9 Å². The number of anilines is 1. The van der Waals surface area contributed by atoms with E-state index < -0.39 is 12.5 Å². The van der Waals surface area contributed by atoms with Gasteiger partial charge in [0.2, 0.25) is 6.41 Å². The summed E-state index contributed by atoms with van der Waals surface area (Å²) in [7, 11) is 5.14. The number of piperidine rings is 1. The molecule has 0 spiro atoms. The number of amides is 1. The highest BCUT2D eigenvalue weighted by Gasteiger charge is 2.32. The number of nitrogens with zero attached hydrogens (tertiary/aromatic N) is 2. The summed E-state index contributed by atoms with van der Waals surface area (Å²) in [5, 5.41) is 7.96. The topological polar surface area (TPSA) is 101 Å². The van der Waals surface area contributed by atoms with Gasteiger partial charge in [0.25, 0.3) is 5.56 Å². The number of carbonyl (C=O) groups is 1. The van der Waals surface area contributed by atoms with Crippen LogP contribution in [0, 0.1) is 6.92 Å². The molecular weight excluding hydrogens is 546 g/mol. The monoisotopic (exact) mass is 583 g/mol. The average molecular weight is 584 g/mol. The smallest absolute Gasteiger partial charge is 0.405 e. The molecule has 9 nitrogen and oxygen atoms in total. The second kappa shape index (κ2) is 16.6. The van der Waals surface area contributed by atoms with Gasteiger partial charge in [-0.2, -0.15) is 0 Å². The molecule has 3 N–H and O–H groups in total. The van der Waals surface area contributed by atoms with Crippen molar-refractivity contribution >= 4 is 12.2 Å². The van der Waals surface area contributed by atoms with Gasteiger partial charge in [0, 0.05) is 25.8 Å². The summed E-state index contributed by atoms with van der Waals surface area (Å²) in [6.07, 6.45) is -2.89. The highest BCUT2D eigenvalue weighted by Crippen LogP contribution is 2.27. The molecule has 0 bridgehead atoms. The number of para-hydroxylation sites is 1. The van der Waals surface area contributed by atoms with Gasteiger partial charge in [-0.05, 0) is 70.2 Å².